The normalized spacial score (nSPS) is 21.1. The highest BCUT2D eigenvalue weighted by Gasteiger charge is 2.26. The van der Waals surface area contributed by atoms with Gasteiger partial charge in [-0.1, -0.05) is 20.3 Å². The van der Waals surface area contributed by atoms with E-state index in [2.05, 4.69) is 18.7 Å². The standard InChI is InChI=1S/C19H27N3S/c1-3-4-7-16-20-18(22-10-5-6-11-22)17-14-9-8-13(2)12-15(14)23-19(17)21-16/h13H,3-12H2,1-2H3/t13-/m0/s1. The molecule has 23 heavy (non-hydrogen) atoms. The van der Waals surface area contributed by atoms with Crippen molar-refractivity contribution in [1.29, 1.82) is 0 Å². The molecule has 4 rings (SSSR count). The van der Waals surface area contributed by atoms with Crippen molar-refractivity contribution in [3.63, 3.8) is 0 Å². The molecule has 1 aliphatic carbocycles. The molecule has 3 nitrogen and oxygen atoms in total. The van der Waals surface area contributed by atoms with Gasteiger partial charge in [-0.3, -0.25) is 0 Å². The number of anilines is 1. The van der Waals surface area contributed by atoms with Gasteiger partial charge in [-0.2, -0.15) is 0 Å². The Morgan fingerprint density at radius 1 is 1.22 bits per heavy atom. The van der Waals surface area contributed by atoms with E-state index in [9.17, 15) is 0 Å². The fourth-order valence-electron chi connectivity index (χ4n) is 3.97. The first-order chi connectivity index (χ1) is 11.3. The summed E-state index contributed by atoms with van der Waals surface area (Å²) < 4.78 is 0. The number of hydrogen-bond acceptors (Lipinski definition) is 4. The Balaban J connectivity index is 1.84. The molecule has 0 amide bonds. The van der Waals surface area contributed by atoms with Crippen LogP contribution in [0.2, 0.25) is 0 Å². The van der Waals surface area contributed by atoms with Crippen molar-refractivity contribution in [3.05, 3.63) is 16.3 Å². The zero-order chi connectivity index (χ0) is 15.8. The summed E-state index contributed by atoms with van der Waals surface area (Å²) in [5, 5.41) is 1.40. The molecule has 124 valence electrons. The summed E-state index contributed by atoms with van der Waals surface area (Å²) in [5.74, 6) is 3.14. The molecule has 1 saturated heterocycles. The molecular weight excluding hydrogens is 302 g/mol. The van der Waals surface area contributed by atoms with Crippen LogP contribution < -0.4 is 4.90 Å². The number of aromatic nitrogens is 2. The van der Waals surface area contributed by atoms with Crippen LogP contribution in [0.15, 0.2) is 0 Å². The van der Waals surface area contributed by atoms with Gasteiger partial charge >= 0.3 is 0 Å². The molecule has 0 N–H and O–H groups in total. The van der Waals surface area contributed by atoms with Gasteiger partial charge in [-0.15, -0.1) is 11.3 Å². The van der Waals surface area contributed by atoms with E-state index in [1.807, 2.05) is 11.3 Å². The molecule has 1 atom stereocenters. The molecule has 0 spiro atoms. The summed E-state index contributed by atoms with van der Waals surface area (Å²) in [6.07, 6.45) is 9.79. The summed E-state index contributed by atoms with van der Waals surface area (Å²) in [5.41, 5.74) is 1.58. The molecule has 2 aromatic rings. The molecule has 0 saturated carbocycles. The molecule has 0 bridgehead atoms. The average molecular weight is 330 g/mol. The number of aryl methyl sites for hydroxylation is 2. The zero-order valence-corrected chi connectivity index (χ0v) is 15.2. The minimum atomic E-state index is 0.818. The van der Waals surface area contributed by atoms with Gasteiger partial charge in [0.05, 0.1) is 5.39 Å². The largest absolute Gasteiger partial charge is 0.356 e. The first-order valence-corrected chi connectivity index (χ1v) is 10.1. The fraction of sp³-hybridized carbons (Fsp3) is 0.684. The van der Waals surface area contributed by atoms with Crippen LogP contribution in [0.1, 0.15) is 62.2 Å². The molecule has 0 unspecified atom stereocenters. The summed E-state index contributed by atoms with van der Waals surface area (Å²) in [7, 11) is 0. The smallest absolute Gasteiger partial charge is 0.141 e. The van der Waals surface area contributed by atoms with Crippen molar-refractivity contribution >= 4 is 27.4 Å². The van der Waals surface area contributed by atoms with Crippen LogP contribution >= 0.6 is 11.3 Å². The third-order valence-corrected chi connectivity index (χ3v) is 6.49. The number of thiophene rings is 1. The summed E-state index contributed by atoms with van der Waals surface area (Å²) in [6, 6.07) is 0. The SMILES string of the molecule is CCCCc1nc(N2CCCC2)c2c3c(sc2n1)C[C@@H](C)CC3. The van der Waals surface area contributed by atoms with Crippen LogP contribution in [0.3, 0.4) is 0 Å². The van der Waals surface area contributed by atoms with Gasteiger partial charge in [0.1, 0.15) is 16.5 Å². The maximum Gasteiger partial charge on any atom is 0.141 e. The lowest BCUT2D eigenvalue weighted by Crippen LogP contribution is -2.21. The Labute approximate surface area is 143 Å². The zero-order valence-electron chi connectivity index (χ0n) is 14.4. The molecular formula is C19H27N3S. The lowest BCUT2D eigenvalue weighted by molar-refractivity contribution is 0.509. The van der Waals surface area contributed by atoms with Gasteiger partial charge < -0.3 is 4.90 Å². The van der Waals surface area contributed by atoms with Crippen molar-refractivity contribution < 1.29 is 0 Å². The maximum atomic E-state index is 5.04. The van der Waals surface area contributed by atoms with Crippen LogP contribution in [0.5, 0.6) is 0 Å². The number of rotatable bonds is 4. The van der Waals surface area contributed by atoms with Crippen molar-refractivity contribution in [3.8, 4) is 0 Å². The number of hydrogen-bond donors (Lipinski definition) is 0. The predicted molar refractivity (Wildman–Crippen MR) is 98.7 cm³/mol. The highest BCUT2D eigenvalue weighted by molar-refractivity contribution is 7.19. The molecule has 0 radical (unpaired) electrons. The number of unbranched alkanes of at least 4 members (excludes halogenated alkanes) is 1. The predicted octanol–water partition coefficient (Wildman–Crippen LogP) is 4.76. The number of nitrogens with zero attached hydrogens (tertiary/aromatic N) is 3. The van der Waals surface area contributed by atoms with Gasteiger partial charge in [-0.25, -0.2) is 9.97 Å². The number of fused-ring (bicyclic) bond motifs is 3. The lowest BCUT2D eigenvalue weighted by Gasteiger charge is -2.21. The Kier molecular flexibility index (Phi) is 4.27. The fourth-order valence-corrected chi connectivity index (χ4v) is 5.37. The Morgan fingerprint density at radius 3 is 2.83 bits per heavy atom. The second-order valence-corrected chi connectivity index (χ2v) is 8.38. The molecule has 0 aromatic carbocycles. The lowest BCUT2D eigenvalue weighted by atomic mass is 9.89. The highest BCUT2D eigenvalue weighted by atomic mass is 32.1. The minimum Gasteiger partial charge on any atom is -0.356 e. The topological polar surface area (TPSA) is 29.0 Å². The first-order valence-electron chi connectivity index (χ1n) is 9.32. The Morgan fingerprint density at radius 2 is 2.04 bits per heavy atom. The molecule has 4 heteroatoms. The van der Waals surface area contributed by atoms with E-state index < -0.39 is 0 Å². The average Bonchev–Trinajstić information content (AvgIpc) is 3.18. The summed E-state index contributed by atoms with van der Waals surface area (Å²) >= 11 is 1.95. The van der Waals surface area contributed by atoms with Crippen molar-refractivity contribution in [1.82, 2.24) is 9.97 Å². The first kappa shape index (κ1) is 15.4. The van der Waals surface area contributed by atoms with Gasteiger partial charge in [0, 0.05) is 24.4 Å². The molecule has 1 fully saturated rings. The molecule has 2 aliphatic rings. The highest BCUT2D eigenvalue weighted by Crippen LogP contribution is 2.41. The van der Waals surface area contributed by atoms with Crippen molar-refractivity contribution in [2.24, 2.45) is 5.92 Å². The summed E-state index contributed by atoms with van der Waals surface area (Å²) in [6.45, 7) is 6.96. The van der Waals surface area contributed by atoms with E-state index in [0.717, 1.165) is 18.2 Å². The van der Waals surface area contributed by atoms with E-state index in [-0.39, 0.29) is 0 Å². The van der Waals surface area contributed by atoms with E-state index in [1.54, 1.807) is 10.4 Å². The van der Waals surface area contributed by atoms with E-state index in [1.165, 1.54) is 74.1 Å². The van der Waals surface area contributed by atoms with Gasteiger partial charge in [0.2, 0.25) is 0 Å². The second-order valence-electron chi connectivity index (χ2n) is 7.29. The van der Waals surface area contributed by atoms with Crippen LogP contribution in [0.25, 0.3) is 10.2 Å². The molecule has 2 aromatic heterocycles. The van der Waals surface area contributed by atoms with Crippen molar-refractivity contribution in [2.45, 2.75) is 65.2 Å². The Bertz CT molecular complexity index is 700. The van der Waals surface area contributed by atoms with Crippen LogP contribution in [0, 0.1) is 5.92 Å². The van der Waals surface area contributed by atoms with Gasteiger partial charge in [0.15, 0.2) is 0 Å². The maximum absolute atomic E-state index is 5.04. The quantitative estimate of drug-likeness (QED) is 0.810. The van der Waals surface area contributed by atoms with Crippen LogP contribution in [0.4, 0.5) is 5.82 Å². The van der Waals surface area contributed by atoms with Crippen LogP contribution in [-0.2, 0) is 19.3 Å². The van der Waals surface area contributed by atoms with Crippen LogP contribution in [-0.4, -0.2) is 23.1 Å². The van der Waals surface area contributed by atoms with E-state index >= 15 is 0 Å². The second kappa shape index (κ2) is 6.39. The monoisotopic (exact) mass is 329 g/mol. The van der Waals surface area contributed by atoms with Gasteiger partial charge in [-0.05, 0) is 50.0 Å². The van der Waals surface area contributed by atoms with E-state index in [4.69, 9.17) is 9.97 Å². The summed E-state index contributed by atoms with van der Waals surface area (Å²) in [4.78, 5) is 15.4. The van der Waals surface area contributed by atoms with E-state index in [0.29, 0.717) is 0 Å². The molecule has 1 aliphatic heterocycles. The Hall–Kier alpha value is -1.16. The molecule has 3 heterocycles. The van der Waals surface area contributed by atoms with Crippen molar-refractivity contribution in [2.75, 3.05) is 18.0 Å². The third-order valence-electron chi connectivity index (χ3n) is 5.34. The minimum absolute atomic E-state index is 0.818. The third kappa shape index (κ3) is 2.86. The van der Waals surface area contributed by atoms with Gasteiger partial charge in [0.25, 0.3) is 0 Å².